The first kappa shape index (κ1) is 6.55. The van der Waals surface area contributed by atoms with Crippen LogP contribution < -0.4 is 0 Å². The van der Waals surface area contributed by atoms with Crippen LogP contribution in [0.5, 0.6) is 0 Å². The summed E-state index contributed by atoms with van der Waals surface area (Å²) in [5.74, 6) is -0.983. The molecule has 0 aromatic carbocycles. The highest BCUT2D eigenvalue weighted by atomic mass is 16.6. The van der Waals surface area contributed by atoms with Crippen molar-refractivity contribution in [3.63, 3.8) is 0 Å². The van der Waals surface area contributed by atoms with Crippen LogP contribution in [0.2, 0.25) is 0 Å². The van der Waals surface area contributed by atoms with E-state index < -0.39 is 5.97 Å². The van der Waals surface area contributed by atoms with Crippen LogP contribution in [0.15, 0.2) is 0 Å². The summed E-state index contributed by atoms with van der Waals surface area (Å²) in [6, 6.07) is 0. The highest BCUT2D eigenvalue weighted by molar-refractivity contribution is 5.69. The molecule has 1 N–H and O–H groups in total. The molecule has 0 saturated carbocycles. The maximum Gasteiger partial charge on any atom is 0.306 e. The largest absolute Gasteiger partial charge is 0.481 e. The Balaban J connectivity index is 2.16. The molecule has 0 aromatic heterocycles. The van der Waals surface area contributed by atoms with Crippen LogP contribution in [0.1, 0.15) is 13.3 Å². The van der Waals surface area contributed by atoms with Gasteiger partial charge in [0.05, 0.1) is 18.6 Å². The predicted molar refractivity (Wildman–Crippen MR) is 31.2 cm³/mol. The van der Waals surface area contributed by atoms with E-state index >= 15 is 0 Å². The summed E-state index contributed by atoms with van der Waals surface area (Å²) in [7, 11) is 0. The van der Waals surface area contributed by atoms with Gasteiger partial charge < -0.3 is 9.84 Å². The third-order valence-corrected chi connectivity index (χ3v) is 1.44. The van der Waals surface area contributed by atoms with Gasteiger partial charge in [-0.3, -0.25) is 4.79 Å². The molecule has 3 heteroatoms. The summed E-state index contributed by atoms with van der Waals surface area (Å²) in [5.41, 5.74) is 0. The van der Waals surface area contributed by atoms with Crippen molar-refractivity contribution in [1.29, 1.82) is 0 Å². The van der Waals surface area contributed by atoms with Crippen molar-refractivity contribution < 1.29 is 14.6 Å². The quantitative estimate of drug-likeness (QED) is 0.566. The topological polar surface area (TPSA) is 49.8 Å². The van der Waals surface area contributed by atoms with Crippen LogP contribution in [-0.4, -0.2) is 23.8 Å². The monoisotopic (exact) mass is 130 g/mol. The molecule has 0 spiro atoms. The molecule has 1 heterocycles. The van der Waals surface area contributed by atoms with E-state index in [0.29, 0.717) is 6.42 Å². The average Bonchev–Trinajstić information content (AvgIpc) is 2.50. The van der Waals surface area contributed by atoms with E-state index in [1.165, 1.54) is 0 Å². The summed E-state index contributed by atoms with van der Waals surface area (Å²) in [6.07, 6.45) is 0.895. The number of carbonyl (C=O) groups is 1. The molecular formula is C6H10O3. The molecule has 1 saturated heterocycles. The van der Waals surface area contributed by atoms with Crippen molar-refractivity contribution in [3.8, 4) is 0 Å². The zero-order chi connectivity index (χ0) is 6.85. The molecule has 1 fully saturated rings. The lowest BCUT2D eigenvalue weighted by atomic mass is 10.1. The van der Waals surface area contributed by atoms with E-state index in [-0.39, 0.29) is 12.0 Å². The van der Waals surface area contributed by atoms with Gasteiger partial charge in [-0.15, -0.1) is 0 Å². The van der Waals surface area contributed by atoms with Crippen molar-refractivity contribution in [1.82, 2.24) is 0 Å². The van der Waals surface area contributed by atoms with E-state index in [2.05, 4.69) is 0 Å². The van der Waals surface area contributed by atoms with Gasteiger partial charge in [0.15, 0.2) is 0 Å². The minimum atomic E-state index is -0.731. The van der Waals surface area contributed by atoms with E-state index in [4.69, 9.17) is 9.84 Å². The molecule has 1 rings (SSSR count). The highest BCUT2D eigenvalue weighted by Gasteiger charge is 2.27. The zero-order valence-corrected chi connectivity index (χ0v) is 5.33. The van der Waals surface area contributed by atoms with Gasteiger partial charge in [-0.1, -0.05) is 6.92 Å². The van der Waals surface area contributed by atoms with Gasteiger partial charge >= 0.3 is 5.97 Å². The number of carboxylic acids is 1. The van der Waals surface area contributed by atoms with Crippen LogP contribution in [-0.2, 0) is 9.53 Å². The van der Waals surface area contributed by atoms with E-state index in [9.17, 15) is 4.79 Å². The second-order valence-electron chi connectivity index (χ2n) is 2.43. The third-order valence-electron chi connectivity index (χ3n) is 1.44. The third kappa shape index (κ3) is 2.01. The number of rotatable bonds is 3. The molecule has 0 aliphatic carbocycles. The molecule has 9 heavy (non-hydrogen) atoms. The van der Waals surface area contributed by atoms with Gasteiger partial charge in [-0.25, -0.2) is 0 Å². The molecule has 2 unspecified atom stereocenters. The molecule has 52 valence electrons. The Morgan fingerprint density at radius 2 is 2.56 bits per heavy atom. The van der Waals surface area contributed by atoms with E-state index in [0.717, 1.165) is 6.61 Å². The lowest BCUT2D eigenvalue weighted by molar-refractivity contribution is -0.141. The van der Waals surface area contributed by atoms with Gasteiger partial charge in [-0.2, -0.15) is 0 Å². The molecule has 0 aromatic rings. The van der Waals surface area contributed by atoms with Crippen LogP contribution in [0.4, 0.5) is 0 Å². The molecule has 0 amide bonds. The number of hydrogen-bond donors (Lipinski definition) is 1. The molecular weight excluding hydrogens is 120 g/mol. The fourth-order valence-corrected chi connectivity index (χ4v) is 0.699. The number of epoxide rings is 1. The summed E-state index contributed by atoms with van der Waals surface area (Å²) >= 11 is 0. The molecule has 0 radical (unpaired) electrons. The molecule has 3 nitrogen and oxygen atoms in total. The van der Waals surface area contributed by atoms with Crippen LogP contribution in [0.3, 0.4) is 0 Å². The number of carboxylic acid groups (broad SMARTS) is 1. The van der Waals surface area contributed by atoms with Crippen LogP contribution in [0.25, 0.3) is 0 Å². The van der Waals surface area contributed by atoms with Crippen molar-refractivity contribution in [3.05, 3.63) is 0 Å². The lowest BCUT2D eigenvalue weighted by Crippen LogP contribution is -2.11. The Labute approximate surface area is 53.6 Å². The number of hydrogen-bond acceptors (Lipinski definition) is 2. The van der Waals surface area contributed by atoms with Crippen molar-refractivity contribution in [2.45, 2.75) is 19.4 Å². The first-order valence-electron chi connectivity index (χ1n) is 3.04. The lowest BCUT2D eigenvalue weighted by Gasteiger charge is -2.00. The zero-order valence-electron chi connectivity index (χ0n) is 5.33. The minimum Gasteiger partial charge on any atom is -0.481 e. The van der Waals surface area contributed by atoms with Gasteiger partial charge in [0, 0.05) is 0 Å². The minimum absolute atomic E-state index is 0.232. The first-order chi connectivity index (χ1) is 4.20. The smallest absolute Gasteiger partial charge is 0.306 e. The number of aliphatic carboxylic acids is 1. The van der Waals surface area contributed by atoms with Gasteiger partial charge in [0.25, 0.3) is 0 Å². The van der Waals surface area contributed by atoms with Gasteiger partial charge in [-0.05, 0) is 6.42 Å². The Kier molecular flexibility index (Phi) is 1.71. The summed E-state index contributed by atoms with van der Waals surface area (Å²) in [6.45, 7) is 2.45. The summed E-state index contributed by atoms with van der Waals surface area (Å²) in [5, 5.41) is 8.40. The van der Waals surface area contributed by atoms with E-state index in [1.54, 1.807) is 6.92 Å². The van der Waals surface area contributed by atoms with Crippen LogP contribution in [0, 0.1) is 5.92 Å². The van der Waals surface area contributed by atoms with Crippen molar-refractivity contribution >= 4 is 5.97 Å². The Hall–Kier alpha value is -0.570. The molecule has 0 bridgehead atoms. The maximum atomic E-state index is 10.2. The number of ether oxygens (including phenoxy) is 1. The Morgan fingerprint density at radius 3 is 2.89 bits per heavy atom. The molecule has 1 aliphatic rings. The standard InChI is InChI=1S/C6H10O3/c1-4(6(7)8)2-5-3-9-5/h4-5H,2-3H2,1H3,(H,7,8). The first-order valence-corrected chi connectivity index (χ1v) is 3.04. The molecule has 1 aliphatic heterocycles. The molecule has 2 atom stereocenters. The average molecular weight is 130 g/mol. The Morgan fingerprint density at radius 1 is 2.00 bits per heavy atom. The fourth-order valence-electron chi connectivity index (χ4n) is 0.699. The van der Waals surface area contributed by atoms with Crippen molar-refractivity contribution in [2.24, 2.45) is 5.92 Å². The predicted octanol–water partition coefficient (Wildman–Crippen LogP) is 0.496. The second-order valence-corrected chi connectivity index (χ2v) is 2.43. The summed E-state index contributed by atoms with van der Waals surface area (Å²) < 4.78 is 4.87. The Bertz CT molecular complexity index is 117. The second kappa shape index (κ2) is 2.35. The van der Waals surface area contributed by atoms with Crippen LogP contribution >= 0.6 is 0 Å². The fraction of sp³-hybridized carbons (Fsp3) is 0.833. The normalized spacial score (nSPS) is 27.4. The van der Waals surface area contributed by atoms with E-state index in [1.807, 2.05) is 0 Å². The SMILES string of the molecule is CC(CC1CO1)C(=O)O. The maximum absolute atomic E-state index is 10.2. The highest BCUT2D eigenvalue weighted by Crippen LogP contribution is 2.18. The van der Waals surface area contributed by atoms with Gasteiger partial charge in [0.1, 0.15) is 0 Å². The summed E-state index contributed by atoms with van der Waals surface area (Å²) in [4.78, 5) is 10.2. The van der Waals surface area contributed by atoms with Gasteiger partial charge in [0.2, 0.25) is 0 Å². The van der Waals surface area contributed by atoms with Crippen molar-refractivity contribution in [2.75, 3.05) is 6.61 Å².